The van der Waals surface area contributed by atoms with Crippen molar-refractivity contribution in [2.24, 2.45) is 0 Å². The highest BCUT2D eigenvalue weighted by Gasteiger charge is 2.15. The van der Waals surface area contributed by atoms with E-state index in [9.17, 15) is 9.50 Å². The quantitative estimate of drug-likeness (QED) is 0.515. The average molecular weight is 422 g/mol. The fourth-order valence-corrected chi connectivity index (χ4v) is 2.75. The lowest BCUT2D eigenvalue weighted by Crippen LogP contribution is -2.21. The van der Waals surface area contributed by atoms with Crippen LogP contribution in [0.2, 0.25) is 5.02 Å². The Morgan fingerprint density at radius 3 is 2.66 bits per heavy atom. The first kappa shape index (κ1) is 21.0. The van der Waals surface area contributed by atoms with Gasteiger partial charge in [0.15, 0.2) is 11.6 Å². The van der Waals surface area contributed by atoms with Crippen molar-refractivity contribution in [3.63, 3.8) is 0 Å². The topological polar surface area (TPSA) is 100 Å². The Morgan fingerprint density at radius 2 is 2.00 bits per heavy atom. The first-order chi connectivity index (χ1) is 13.9. The van der Waals surface area contributed by atoms with Crippen LogP contribution in [-0.2, 0) is 0 Å². The minimum atomic E-state index is -1.03. The Balaban J connectivity index is 1.78. The predicted molar refractivity (Wildman–Crippen MR) is 107 cm³/mol. The number of hydrogen-bond donors (Lipinski definition) is 3. The number of H-pyrrole nitrogens is 1. The number of aliphatic hydroxyl groups is 2. The summed E-state index contributed by atoms with van der Waals surface area (Å²) in [6.07, 6.45) is -1.03. The summed E-state index contributed by atoms with van der Waals surface area (Å²) in [7, 11) is 0. The maximum atomic E-state index is 14.5. The first-order valence-electron chi connectivity index (χ1n) is 8.98. The van der Waals surface area contributed by atoms with E-state index in [0.717, 1.165) is 0 Å². The summed E-state index contributed by atoms with van der Waals surface area (Å²) in [6, 6.07) is 9.41. The van der Waals surface area contributed by atoms with Gasteiger partial charge >= 0.3 is 0 Å². The van der Waals surface area contributed by atoms with E-state index in [1.807, 2.05) is 13.8 Å². The molecule has 0 spiro atoms. The number of aromatic nitrogens is 3. The van der Waals surface area contributed by atoms with Crippen molar-refractivity contribution in [2.75, 3.05) is 13.2 Å². The Morgan fingerprint density at radius 1 is 1.21 bits per heavy atom. The normalized spacial score (nSPS) is 12.2. The maximum Gasteiger partial charge on any atom is 0.181 e. The molecular formula is C20H21ClFN3O4. The van der Waals surface area contributed by atoms with E-state index in [1.54, 1.807) is 24.3 Å². The monoisotopic (exact) mass is 421 g/mol. The molecule has 0 radical (unpaired) electrons. The van der Waals surface area contributed by atoms with Crippen LogP contribution in [0, 0.1) is 5.82 Å². The molecule has 3 aromatic rings. The highest BCUT2D eigenvalue weighted by atomic mass is 35.5. The van der Waals surface area contributed by atoms with Gasteiger partial charge in [-0.3, -0.25) is 5.10 Å². The molecule has 2 aromatic carbocycles. The number of halogens is 2. The molecule has 154 valence electrons. The third-order valence-electron chi connectivity index (χ3n) is 3.89. The Hall–Kier alpha value is -2.68. The van der Waals surface area contributed by atoms with Crippen molar-refractivity contribution in [1.82, 2.24) is 15.2 Å². The van der Waals surface area contributed by atoms with E-state index < -0.39 is 18.5 Å². The SMILES string of the molecule is CC(C)Oc1ccc(-c2n[nH]c(-c3ccc(OCC(O)CO)cc3F)n2)cc1Cl. The molecule has 0 saturated heterocycles. The third-order valence-corrected chi connectivity index (χ3v) is 4.18. The molecule has 1 unspecified atom stereocenters. The average Bonchev–Trinajstić information content (AvgIpc) is 3.17. The summed E-state index contributed by atoms with van der Waals surface area (Å²) in [5.41, 5.74) is 0.872. The minimum absolute atomic E-state index is 0.00436. The molecule has 7 nitrogen and oxygen atoms in total. The second kappa shape index (κ2) is 9.21. The van der Waals surface area contributed by atoms with Crippen LogP contribution in [0.3, 0.4) is 0 Å². The van der Waals surface area contributed by atoms with Crippen LogP contribution in [-0.4, -0.2) is 50.8 Å². The van der Waals surface area contributed by atoms with Gasteiger partial charge in [0.25, 0.3) is 0 Å². The molecule has 29 heavy (non-hydrogen) atoms. The van der Waals surface area contributed by atoms with Crippen LogP contribution in [0.15, 0.2) is 36.4 Å². The van der Waals surface area contributed by atoms with E-state index in [-0.39, 0.29) is 29.8 Å². The van der Waals surface area contributed by atoms with Gasteiger partial charge in [0.2, 0.25) is 0 Å². The molecule has 0 aliphatic heterocycles. The van der Waals surface area contributed by atoms with Gasteiger partial charge in [0.05, 0.1) is 23.3 Å². The zero-order chi connectivity index (χ0) is 21.0. The molecule has 0 bridgehead atoms. The number of ether oxygens (including phenoxy) is 2. The van der Waals surface area contributed by atoms with Gasteiger partial charge in [0.1, 0.15) is 30.0 Å². The molecule has 3 N–H and O–H groups in total. The van der Waals surface area contributed by atoms with Crippen molar-refractivity contribution >= 4 is 11.6 Å². The summed E-state index contributed by atoms with van der Waals surface area (Å²) in [5, 5.41) is 25.4. The lowest BCUT2D eigenvalue weighted by molar-refractivity contribution is 0.0535. The number of hydrogen-bond acceptors (Lipinski definition) is 6. The van der Waals surface area contributed by atoms with Gasteiger partial charge in [-0.05, 0) is 44.2 Å². The minimum Gasteiger partial charge on any atom is -0.491 e. The first-order valence-corrected chi connectivity index (χ1v) is 9.35. The Labute approximate surface area is 172 Å². The van der Waals surface area contributed by atoms with Gasteiger partial charge in [-0.15, -0.1) is 0 Å². The predicted octanol–water partition coefficient (Wildman–Crippen LogP) is 3.45. The van der Waals surface area contributed by atoms with Crippen molar-refractivity contribution < 1.29 is 24.1 Å². The fourth-order valence-electron chi connectivity index (χ4n) is 2.52. The zero-order valence-corrected chi connectivity index (χ0v) is 16.7. The number of nitrogens with zero attached hydrogens (tertiary/aromatic N) is 2. The van der Waals surface area contributed by atoms with E-state index >= 15 is 0 Å². The molecule has 1 atom stereocenters. The standard InChI is InChI=1S/C20H21ClFN3O4/c1-11(2)29-18-6-3-12(7-16(18)21)19-23-20(25-24-19)15-5-4-14(8-17(15)22)28-10-13(27)9-26/h3-8,11,13,26-27H,9-10H2,1-2H3,(H,23,24,25). The molecule has 9 heteroatoms. The van der Waals surface area contributed by atoms with E-state index in [1.165, 1.54) is 12.1 Å². The van der Waals surface area contributed by atoms with Crippen LogP contribution in [0.25, 0.3) is 22.8 Å². The molecule has 0 saturated carbocycles. The van der Waals surface area contributed by atoms with E-state index in [4.69, 9.17) is 26.2 Å². The Bertz CT molecular complexity index is 980. The highest BCUT2D eigenvalue weighted by molar-refractivity contribution is 6.32. The molecule has 0 fully saturated rings. The highest BCUT2D eigenvalue weighted by Crippen LogP contribution is 2.31. The third kappa shape index (κ3) is 5.23. The maximum absolute atomic E-state index is 14.5. The molecule has 1 heterocycles. The van der Waals surface area contributed by atoms with Crippen molar-refractivity contribution in [3.8, 4) is 34.3 Å². The van der Waals surface area contributed by atoms with Gasteiger partial charge in [-0.25, -0.2) is 9.37 Å². The second-order valence-corrected chi connectivity index (χ2v) is 7.02. The van der Waals surface area contributed by atoms with Gasteiger partial charge in [-0.2, -0.15) is 5.10 Å². The van der Waals surface area contributed by atoms with Crippen LogP contribution in [0.5, 0.6) is 11.5 Å². The summed E-state index contributed by atoms with van der Waals surface area (Å²) < 4.78 is 25.3. The molecule has 0 amide bonds. The van der Waals surface area contributed by atoms with E-state index in [0.29, 0.717) is 22.2 Å². The lowest BCUT2D eigenvalue weighted by atomic mass is 10.2. The number of nitrogens with one attached hydrogen (secondary N) is 1. The molecule has 0 aliphatic carbocycles. The fraction of sp³-hybridized carbons (Fsp3) is 0.300. The van der Waals surface area contributed by atoms with Crippen molar-refractivity contribution in [1.29, 1.82) is 0 Å². The van der Waals surface area contributed by atoms with Gasteiger partial charge < -0.3 is 19.7 Å². The number of benzene rings is 2. The van der Waals surface area contributed by atoms with Crippen LogP contribution in [0.1, 0.15) is 13.8 Å². The smallest absolute Gasteiger partial charge is 0.181 e. The van der Waals surface area contributed by atoms with Gasteiger partial charge in [0, 0.05) is 11.6 Å². The molecule has 3 rings (SSSR count). The molecular weight excluding hydrogens is 401 g/mol. The molecule has 1 aromatic heterocycles. The number of aromatic amines is 1. The summed E-state index contributed by atoms with van der Waals surface area (Å²) >= 11 is 6.25. The number of rotatable bonds is 8. The van der Waals surface area contributed by atoms with Crippen LogP contribution in [0.4, 0.5) is 4.39 Å². The number of aliphatic hydroxyl groups excluding tert-OH is 2. The second-order valence-electron chi connectivity index (χ2n) is 6.61. The van der Waals surface area contributed by atoms with Crippen molar-refractivity contribution in [2.45, 2.75) is 26.1 Å². The summed E-state index contributed by atoms with van der Waals surface area (Å²) in [4.78, 5) is 4.34. The van der Waals surface area contributed by atoms with Crippen molar-refractivity contribution in [3.05, 3.63) is 47.2 Å². The largest absolute Gasteiger partial charge is 0.491 e. The van der Waals surface area contributed by atoms with Crippen LogP contribution < -0.4 is 9.47 Å². The van der Waals surface area contributed by atoms with Crippen LogP contribution >= 0.6 is 11.6 Å². The summed E-state index contributed by atoms with van der Waals surface area (Å²) in [5.74, 6) is 0.837. The zero-order valence-electron chi connectivity index (χ0n) is 15.9. The summed E-state index contributed by atoms with van der Waals surface area (Å²) in [6.45, 7) is 3.24. The van der Waals surface area contributed by atoms with Gasteiger partial charge in [-0.1, -0.05) is 11.6 Å². The molecule has 0 aliphatic rings. The lowest BCUT2D eigenvalue weighted by Gasteiger charge is -2.11. The van der Waals surface area contributed by atoms with E-state index in [2.05, 4.69) is 15.2 Å². The Kier molecular flexibility index (Phi) is 6.68.